The molecule has 1 amide bonds. The molecule has 0 radical (unpaired) electrons. The van der Waals surface area contributed by atoms with Gasteiger partial charge in [0.1, 0.15) is 11.6 Å². The van der Waals surface area contributed by atoms with Crippen molar-refractivity contribution >= 4 is 33.2 Å². The first-order valence-corrected chi connectivity index (χ1v) is 10.8. The molecule has 0 saturated heterocycles. The summed E-state index contributed by atoms with van der Waals surface area (Å²) < 4.78 is 46.5. The Morgan fingerprint density at radius 3 is 2.31 bits per heavy atom. The molecular weight excluding hydrogens is 397 g/mol. The minimum Gasteiger partial charge on any atom is -0.494 e. The van der Waals surface area contributed by atoms with Crippen LogP contribution in [0.15, 0.2) is 36.4 Å². The fourth-order valence-corrected chi connectivity index (χ4v) is 4.18. The highest BCUT2D eigenvalue weighted by atomic mass is 32.2. The van der Waals surface area contributed by atoms with Crippen molar-refractivity contribution in [2.75, 3.05) is 34.6 Å². The topological polar surface area (TPSA) is 79.0 Å². The molecule has 0 atom stereocenters. The van der Waals surface area contributed by atoms with E-state index in [0.717, 1.165) is 33.9 Å². The second kappa shape index (κ2) is 8.28. The van der Waals surface area contributed by atoms with Crippen LogP contribution in [-0.2, 0) is 10.2 Å². The molecule has 0 saturated carbocycles. The van der Waals surface area contributed by atoms with Crippen molar-refractivity contribution in [3.05, 3.63) is 47.8 Å². The Labute approximate surface area is 170 Å². The number of nitrogens with zero attached hydrogens (tertiary/aromatic N) is 2. The zero-order valence-corrected chi connectivity index (χ0v) is 17.4. The van der Waals surface area contributed by atoms with Gasteiger partial charge in [-0.1, -0.05) is 19.8 Å². The van der Waals surface area contributed by atoms with E-state index >= 15 is 0 Å². The lowest BCUT2D eigenvalue weighted by atomic mass is 10.2. The largest absolute Gasteiger partial charge is 0.494 e. The van der Waals surface area contributed by atoms with Gasteiger partial charge in [0.2, 0.25) is 0 Å². The third-order valence-corrected chi connectivity index (χ3v) is 6.59. The van der Waals surface area contributed by atoms with Gasteiger partial charge in [-0.25, -0.2) is 4.39 Å². The van der Waals surface area contributed by atoms with Crippen molar-refractivity contribution in [1.29, 1.82) is 0 Å². The number of hydrogen-bond donors (Lipinski definition) is 1. The van der Waals surface area contributed by atoms with E-state index in [-0.39, 0.29) is 11.4 Å². The van der Waals surface area contributed by atoms with Crippen molar-refractivity contribution in [2.24, 2.45) is 0 Å². The lowest BCUT2D eigenvalue weighted by molar-refractivity contribution is 0.102. The van der Waals surface area contributed by atoms with Gasteiger partial charge in [0.05, 0.1) is 23.7 Å². The molecule has 0 spiro atoms. The maximum Gasteiger partial charge on any atom is 0.326 e. The smallest absolute Gasteiger partial charge is 0.326 e. The number of unbranched alkanes of at least 4 members (excludes halogenated alkanes) is 2. The molecule has 3 rings (SSSR count). The van der Waals surface area contributed by atoms with Gasteiger partial charge in [-0.2, -0.15) is 8.42 Å². The second-order valence-electron chi connectivity index (χ2n) is 6.80. The number of ether oxygens (including phenoxy) is 1. The van der Waals surface area contributed by atoms with Gasteiger partial charge in [0.15, 0.2) is 0 Å². The van der Waals surface area contributed by atoms with Crippen LogP contribution >= 0.6 is 0 Å². The molecule has 1 heterocycles. The summed E-state index contributed by atoms with van der Waals surface area (Å²) >= 11 is 0. The highest BCUT2D eigenvalue weighted by Gasteiger charge is 2.36. The van der Waals surface area contributed by atoms with Crippen LogP contribution in [0.25, 0.3) is 0 Å². The van der Waals surface area contributed by atoms with E-state index in [0.29, 0.717) is 23.6 Å². The molecule has 0 bridgehead atoms. The minimum absolute atomic E-state index is 0.0917. The van der Waals surface area contributed by atoms with E-state index in [1.54, 1.807) is 24.3 Å². The van der Waals surface area contributed by atoms with E-state index in [1.807, 2.05) is 0 Å². The number of halogens is 1. The van der Waals surface area contributed by atoms with Crippen molar-refractivity contribution in [3.8, 4) is 5.75 Å². The van der Waals surface area contributed by atoms with Crippen LogP contribution < -0.4 is 18.7 Å². The minimum atomic E-state index is -3.72. The molecule has 156 valence electrons. The maximum atomic E-state index is 14.5. The Balaban J connectivity index is 1.73. The summed E-state index contributed by atoms with van der Waals surface area (Å²) in [5, 5.41) is 2.50. The number of carbonyl (C=O) groups is 1. The average Bonchev–Trinajstić information content (AvgIpc) is 2.86. The first-order valence-electron chi connectivity index (χ1n) is 9.36. The van der Waals surface area contributed by atoms with Crippen molar-refractivity contribution < 1.29 is 22.3 Å². The summed E-state index contributed by atoms with van der Waals surface area (Å²) in [6.07, 6.45) is 3.18. The third kappa shape index (κ3) is 4.14. The highest BCUT2D eigenvalue weighted by Crippen LogP contribution is 2.41. The zero-order chi connectivity index (χ0) is 21.2. The molecular formula is C20H24FN3O4S. The summed E-state index contributed by atoms with van der Waals surface area (Å²) in [7, 11) is -0.996. The van der Waals surface area contributed by atoms with E-state index in [2.05, 4.69) is 12.2 Å². The fourth-order valence-electron chi connectivity index (χ4n) is 3.02. The molecule has 7 nitrogen and oxygen atoms in total. The van der Waals surface area contributed by atoms with E-state index in [1.165, 1.54) is 20.2 Å². The van der Waals surface area contributed by atoms with E-state index < -0.39 is 21.9 Å². The number of nitrogens with one attached hydrogen (secondary N) is 1. The summed E-state index contributed by atoms with van der Waals surface area (Å²) in [6, 6.07) is 8.98. The lowest BCUT2D eigenvalue weighted by Crippen LogP contribution is -2.32. The Kier molecular flexibility index (Phi) is 5.97. The molecule has 0 fully saturated rings. The molecule has 2 aromatic rings. The predicted molar refractivity (Wildman–Crippen MR) is 112 cm³/mol. The number of amides is 1. The zero-order valence-electron chi connectivity index (χ0n) is 16.6. The van der Waals surface area contributed by atoms with Crippen molar-refractivity contribution in [3.63, 3.8) is 0 Å². The number of benzene rings is 2. The Morgan fingerprint density at radius 2 is 1.69 bits per heavy atom. The van der Waals surface area contributed by atoms with Gasteiger partial charge in [0, 0.05) is 25.7 Å². The molecule has 1 aliphatic heterocycles. The predicted octanol–water partition coefficient (Wildman–Crippen LogP) is 3.78. The summed E-state index contributed by atoms with van der Waals surface area (Å²) in [5.41, 5.74) is 0.752. The van der Waals surface area contributed by atoms with Gasteiger partial charge in [-0.05, 0) is 36.8 Å². The lowest BCUT2D eigenvalue weighted by Gasteiger charge is -2.13. The van der Waals surface area contributed by atoms with Crippen LogP contribution in [-0.4, -0.2) is 35.0 Å². The summed E-state index contributed by atoms with van der Waals surface area (Å²) in [5.74, 6) is -0.556. The van der Waals surface area contributed by atoms with Crippen LogP contribution in [0, 0.1) is 5.82 Å². The average molecular weight is 421 g/mol. The van der Waals surface area contributed by atoms with Crippen LogP contribution in [0.2, 0.25) is 0 Å². The van der Waals surface area contributed by atoms with Crippen LogP contribution in [0.4, 0.5) is 21.5 Å². The molecule has 9 heteroatoms. The number of carbonyl (C=O) groups excluding carboxylic acids is 1. The fraction of sp³-hybridized carbons (Fsp3) is 0.350. The van der Waals surface area contributed by atoms with E-state index in [9.17, 15) is 17.6 Å². The molecule has 29 heavy (non-hydrogen) atoms. The van der Waals surface area contributed by atoms with Crippen LogP contribution in [0.3, 0.4) is 0 Å². The van der Waals surface area contributed by atoms with Gasteiger partial charge < -0.3 is 10.1 Å². The van der Waals surface area contributed by atoms with Crippen molar-refractivity contribution in [2.45, 2.75) is 26.2 Å². The van der Waals surface area contributed by atoms with E-state index in [4.69, 9.17) is 4.74 Å². The SMILES string of the molecule is CCCCCOc1ccc(C(=O)Nc2cc3c(cc2F)N(C)S(=O)(=O)N3C)cc1. The Morgan fingerprint density at radius 1 is 1.07 bits per heavy atom. The van der Waals surface area contributed by atoms with Gasteiger partial charge in [0.25, 0.3) is 5.91 Å². The summed E-state index contributed by atoms with van der Waals surface area (Å²) in [6.45, 7) is 2.73. The molecule has 1 N–H and O–H groups in total. The van der Waals surface area contributed by atoms with Crippen LogP contribution in [0.1, 0.15) is 36.5 Å². The Hall–Kier alpha value is -2.81. The molecule has 0 aromatic heterocycles. The van der Waals surface area contributed by atoms with Gasteiger partial charge in [-0.15, -0.1) is 0 Å². The summed E-state index contributed by atoms with van der Waals surface area (Å²) in [4.78, 5) is 12.5. The van der Waals surface area contributed by atoms with Gasteiger partial charge in [-0.3, -0.25) is 13.4 Å². The standard InChI is InChI=1S/C20H24FN3O4S/c1-4-5-6-11-28-15-9-7-14(8-10-15)20(25)22-17-13-19-18(12-16(17)21)23(2)29(26,27)24(19)3/h7-10,12-13H,4-6,11H2,1-3H3,(H,22,25). The van der Waals surface area contributed by atoms with Crippen LogP contribution in [0.5, 0.6) is 5.75 Å². The molecule has 0 aliphatic carbocycles. The second-order valence-corrected chi connectivity index (χ2v) is 8.79. The third-order valence-electron chi connectivity index (χ3n) is 4.82. The van der Waals surface area contributed by atoms with Gasteiger partial charge >= 0.3 is 10.2 Å². The maximum absolute atomic E-state index is 14.5. The number of fused-ring (bicyclic) bond motifs is 1. The first-order chi connectivity index (χ1) is 13.8. The highest BCUT2D eigenvalue weighted by molar-refractivity contribution is 7.94. The van der Waals surface area contributed by atoms with Crippen molar-refractivity contribution in [1.82, 2.24) is 0 Å². The Bertz CT molecular complexity index is 1010. The normalized spacial score (nSPS) is 14.6. The molecule has 2 aromatic carbocycles. The first kappa shape index (κ1) is 20.9. The monoisotopic (exact) mass is 421 g/mol. The number of anilines is 3. The quantitative estimate of drug-likeness (QED) is 0.690. The number of hydrogen-bond acceptors (Lipinski definition) is 4. The molecule has 1 aliphatic rings. The number of rotatable bonds is 7. The molecule has 0 unspecified atom stereocenters.